The molecule has 4 heteroatoms. The highest BCUT2D eigenvalue weighted by atomic mass is 35.5. The number of rotatable bonds is 3. The maximum Gasteiger partial charge on any atom is 0.219 e. The van der Waals surface area contributed by atoms with Crippen LogP contribution in [0.4, 0.5) is 0 Å². The van der Waals surface area contributed by atoms with Crippen LogP contribution >= 0.6 is 12.4 Å². The Bertz CT molecular complexity index is 417. The van der Waals surface area contributed by atoms with Crippen LogP contribution in [0.2, 0.25) is 0 Å². The Morgan fingerprint density at radius 2 is 1.81 bits per heavy atom. The van der Waals surface area contributed by atoms with Crippen molar-refractivity contribution >= 4 is 12.4 Å². The molecule has 3 nitrogen and oxygen atoms in total. The van der Waals surface area contributed by atoms with E-state index >= 15 is 0 Å². The van der Waals surface area contributed by atoms with Gasteiger partial charge in [0.15, 0.2) is 0 Å². The predicted octanol–water partition coefficient (Wildman–Crippen LogP) is 2.75. The second kappa shape index (κ2) is 6.10. The summed E-state index contributed by atoms with van der Waals surface area (Å²) in [5.74, 6) is 1.36. The number of hydrogen-bond acceptors (Lipinski definition) is 3. The lowest BCUT2D eigenvalue weighted by Crippen LogP contribution is -1.95. The van der Waals surface area contributed by atoms with Gasteiger partial charge in [0.25, 0.3) is 0 Å². The van der Waals surface area contributed by atoms with E-state index in [9.17, 15) is 0 Å². The molecule has 1 heterocycles. The normalized spacial score (nSPS) is 9.31. The van der Waals surface area contributed by atoms with Crippen LogP contribution in [0.3, 0.4) is 0 Å². The van der Waals surface area contributed by atoms with Crippen molar-refractivity contribution in [2.24, 2.45) is 5.73 Å². The molecule has 0 aliphatic rings. The van der Waals surface area contributed by atoms with Crippen molar-refractivity contribution in [1.82, 2.24) is 4.98 Å². The summed E-state index contributed by atoms with van der Waals surface area (Å²) in [5.41, 5.74) is 6.59. The van der Waals surface area contributed by atoms with Crippen LogP contribution in [0.15, 0.2) is 48.7 Å². The first-order valence-corrected chi connectivity index (χ1v) is 4.76. The van der Waals surface area contributed by atoms with Gasteiger partial charge in [-0.2, -0.15) is 0 Å². The molecule has 0 atom stereocenters. The zero-order chi connectivity index (χ0) is 10.5. The number of aromatic nitrogens is 1. The molecule has 84 valence electrons. The standard InChI is InChI=1S/C12H12N2O.ClH/c13-9-10-4-6-11(7-5-10)15-12-3-1-2-8-14-12;/h1-8H,9,13H2;1H. The van der Waals surface area contributed by atoms with Gasteiger partial charge in [0.1, 0.15) is 5.75 Å². The van der Waals surface area contributed by atoms with Gasteiger partial charge < -0.3 is 10.5 Å². The van der Waals surface area contributed by atoms with Gasteiger partial charge in [-0.15, -0.1) is 12.4 Å². The summed E-state index contributed by atoms with van der Waals surface area (Å²) < 4.78 is 5.53. The average Bonchev–Trinajstić information content (AvgIpc) is 2.31. The summed E-state index contributed by atoms with van der Waals surface area (Å²) in [5, 5.41) is 0. The number of halogens is 1. The number of ether oxygens (including phenoxy) is 1. The third-order valence-corrected chi connectivity index (χ3v) is 2.02. The minimum Gasteiger partial charge on any atom is -0.439 e. The van der Waals surface area contributed by atoms with E-state index in [4.69, 9.17) is 10.5 Å². The highest BCUT2D eigenvalue weighted by Gasteiger charge is 1.96. The Labute approximate surface area is 101 Å². The Morgan fingerprint density at radius 3 is 2.38 bits per heavy atom. The summed E-state index contributed by atoms with van der Waals surface area (Å²) in [7, 11) is 0. The van der Waals surface area contributed by atoms with Crippen molar-refractivity contribution < 1.29 is 4.74 Å². The molecule has 0 fully saturated rings. The molecule has 0 unspecified atom stereocenters. The van der Waals surface area contributed by atoms with Crippen LogP contribution in [0, 0.1) is 0 Å². The Morgan fingerprint density at radius 1 is 1.06 bits per heavy atom. The average molecular weight is 237 g/mol. The predicted molar refractivity (Wildman–Crippen MR) is 65.9 cm³/mol. The second-order valence-electron chi connectivity index (χ2n) is 3.12. The molecule has 2 rings (SSSR count). The first-order chi connectivity index (χ1) is 7.38. The van der Waals surface area contributed by atoms with Gasteiger partial charge in [0, 0.05) is 18.8 Å². The van der Waals surface area contributed by atoms with E-state index in [0.29, 0.717) is 12.4 Å². The Hall–Kier alpha value is -1.58. The number of nitrogens with two attached hydrogens (primary N) is 1. The number of hydrogen-bond donors (Lipinski definition) is 1. The van der Waals surface area contributed by atoms with Crippen molar-refractivity contribution in [2.75, 3.05) is 0 Å². The van der Waals surface area contributed by atoms with E-state index < -0.39 is 0 Å². The second-order valence-corrected chi connectivity index (χ2v) is 3.12. The summed E-state index contributed by atoms with van der Waals surface area (Å²) in [4.78, 5) is 4.07. The van der Waals surface area contributed by atoms with Gasteiger partial charge in [0.2, 0.25) is 5.88 Å². The van der Waals surface area contributed by atoms with Gasteiger partial charge in [-0.1, -0.05) is 18.2 Å². The molecule has 0 bridgehead atoms. The minimum atomic E-state index is 0. The zero-order valence-electron chi connectivity index (χ0n) is 8.67. The molecular weight excluding hydrogens is 224 g/mol. The maximum atomic E-state index is 5.53. The minimum absolute atomic E-state index is 0. The summed E-state index contributed by atoms with van der Waals surface area (Å²) in [6, 6.07) is 13.2. The fourth-order valence-corrected chi connectivity index (χ4v) is 1.22. The molecule has 1 aromatic heterocycles. The number of benzene rings is 1. The van der Waals surface area contributed by atoms with Gasteiger partial charge in [-0.25, -0.2) is 4.98 Å². The smallest absolute Gasteiger partial charge is 0.219 e. The molecule has 16 heavy (non-hydrogen) atoms. The monoisotopic (exact) mass is 236 g/mol. The van der Waals surface area contributed by atoms with Crippen molar-refractivity contribution in [3.05, 3.63) is 54.2 Å². The molecule has 0 spiro atoms. The first-order valence-electron chi connectivity index (χ1n) is 4.76. The highest BCUT2D eigenvalue weighted by molar-refractivity contribution is 5.85. The van der Waals surface area contributed by atoms with Crippen molar-refractivity contribution in [3.63, 3.8) is 0 Å². The quantitative estimate of drug-likeness (QED) is 0.892. The molecule has 2 N–H and O–H groups in total. The lowest BCUT2D eigenvalue weighted by molar-refractivity contribution is 0.463. The first kappa shape index (κ1) is 12.5. The van der Waals surface area contributed by atoms with E-state index in [1.807, 2.05) is 42.5 Å². The highest BCUT2D eigenvalue weighted by Crippen LogP contribution is 2.18. The Balaban J connectivity index is 0.00000128. The van der Waals surface area contributed by atoms with Gasteiger partial charge in [-0.3, -0.25) is 0 Å². The fraction of sp³-hybridized carbons (Fsp3) is 0.0833. The lowest BCUT2D eigenvalue weighted by atomic mass is 10.2. The van der Waals surface area contributed by atoms with Gasteiger partial charge >= 0.3 is 0 Å². The molecule has 0 amide bonds. The van der Waals surface area contributed by atoms with E-state index in [1.165, 1.54) is 0 Å². The summed E-state index contributed by atoms with van der Waals surface area (Å²) >= 11 is 0. The largest absolute Gasteiger partial charge is 0.439 e. The number of nitrogens with zero attached hydrogens (tertiary/aromatic N) is 1. The maximum absolute atomic E-state index is 5.53. The van der Waals surface area contributed by atoms with Gasteiger partial charge in [0.05, 0.1) is 0 Å². The van der Waals surface area contributed by atoms with E-state index in [1.54, 1.807) is 6.20 Å². The van der Waals surface area contributed by atoms with Crippen LogP contribution in [-0.4, -0.2) is 4.98 Å². The molecule has 1 aromatic carbocycles. The van der Waals surface area contributed by atoms with E-state index in [0.717, 1.165) is 11.3 Å². The topological polar surface area (TPSA) is 48.1 Å². The summed E-state index contributed by atoms with van der Waals surface area (Å²) in [6.45, 7) is 0.546. The molecule has 0 saturated carbocycles. The van der Waals surface area contributed by atoms with Crippen molar-refractivity contribution in [1.29, 1.82) is 0 Å². The van der Waals surface area contributed by atoms with Crippen LogP contribution < -0.4 is 10.5 Å². The van der Waals surface area contributed by atoms with Crippen molar-refractivity contribution in [2.45, 2.75) is 6.54 Å². The molecule has 2 aromatic rings. The SMILES string of the molecule is Cl.NCc1ccc(Oc2ccccn2)cc1. The van der Waals surface area contributed by atoms with Crippen molar-refractivity contribution in [3.8, 4) is 11.6 Å². The molecule has 0 aliphatic heterocycles. The van der Waals surface area contributed by atoms with Crippen LogP contribution in [-0.2, 0) is 6.54 Å². The van der Waals surface area contributed by atoms with E-state index in [2.05, 4.69) is 4.98 Å². The molecular formula is C12H13ClN2O. The van der Waals surface area contributed by atoms with Crippen LogP contribution in [0.1, 0.15) is 5.56 Å². The van der Waals surface area contributed by atoms with Crippen LogP contribution in [0.5, 0.6) is 11.6 Å². The van der Waals surface area contributed by atoms with Gasteiger partial charge in [-0.05, 0) is 23.8 Å². The molecule has 0 radical (unpaired) electrons. The third kappa shape index (κ3) is 3.22. The molecule has 0 saturated heterocycles. The Kier molecular flexibility index (Phi) is 4.76. The lowest BCUT2D eigenvalue weighted by Gasteiger charge is -2.04. The van der Waals surface area contributed by atoms with E-state index in [-0.39, 0.29) is 12.4 Å². The molecule has 0 aliphatic carbocycles. The van der Waals surface area contributed by atoms with Crippen LogP contribution in [0.25, 0.3) is 0 Å². The number of pyridine rings is 1. The summed E-state index contributed by atoms with van der Waals surface area (Å²) in [6.07, 6.45) is 1.70. The zero-order valence-corrected chi connectivity index (χ0v) is 9.48. The third-order valence-electron chi connectivity index (χ3n) is 2.02. The fourth-order valence-electron chi connectivity index (χ4n) is 1.22.